The second-order valence-corrected chi connectivity index (χ2v) is 11.1. The minimum atomic E-state index is -4.06. The smallest absolute Gasteiger partial charge is 0.262 e. The van der Waals surface area contributed by atoms with Gasteiger partial charge in [0.15, 0.2) is 0 Å². The maximum Gasteiger partial charge on any atom is 0.262 e. The van der Waals surface area contributed by atoms with Crippen LogP contribution in [-0.2, 0) is 16.4 Å². The van der Waals surface area contributed by atoms with Gasteiger partial charge in [-0.1, -0.05) is 65.1 Å². The molecular formula is C27H22Cl3N3O4S. The van der Waals surface area contributed by atoms with E-state index < -0.39 is 10.0 Å². The van der Waals surface area contributed by atoms with Crippen LogP contribution in [0.4, 0.5) is 5.69 Å². The number of nitrogens with zero attached hydrogens (tertiary/aromatic N) is 1. The Kier molecular flexibility index (Phi) is 9.12. The maximum atomic E-state index is 12.9. The lowest BCUT2D eigenvalue weighted by molar-refractivity contribution is 0.0953. The molecule has 1 aromatic heterocycles. The van der Waals surface area contributed by atoms with Gasteiger partial charge in [-0.25, -0.2) is 13.4 Å². The van der Waals surface area contributed by atoms with E-state index in [9.17, 15) is 13.2 Å². The lowest BCUT2D eigenvalue weighted by Crippen LogP contribution is -2.24. The molecule has 196 valence electrons. The van der Waals surface area contributed by atoms with Crippen molar-refractivity contribution < 1.29 is 17.9 Å². The summed E-state index contributed by atoms with van der Waals surface area (Å²) in [5.41, 5.74) is 1.70. The molecule has 7 nitrogen and oxygen atoms in total. The zero-order valence-corrected chi connectivity index (χ0v) is 22.9. The second kappa shape index (κ2) is 12.5. The van der Waals surface area contributed by atoms with E-state index in [4.69, 9.17) is 39.5 Å². The highest BCUT2D eigenvalue weighted by atomic mass is 35.5. The number of rotatable bonds is 10. The van der Waals surface area contributed by atoms with Gasteiger partial charge in [-0.15, -0.1) is 0 Å². The molecular weight excluding hydrogens is 569 g/mol. The summed E-state index contributed by atoms with van der Waals surface area (Å²) in [7, 11) is -4.06. The van der Waals surface area contributed by atoms with Crippen molar-refractivity contribution in [1.82, 2.24) is 10.3 Å². The standard InChI is InChI=1S/C27H22Cl3N3O4S/c28-20-15-25(33-38(35,36)22-12-13-23(29)24(30)16-22)27(32-17-20)37-21-10-8-19(9-11-21)26(34)31-14-4-7-18-5-2-1-3-6-18/h1-3,5-6,8-13,15-17,33H,4,7,14H2,(H,31,34). The molecule has 0 saturated heterocycles. The molecule has 0 fully saturated rings. The van der Waals surface area contributed by atoms with Gasteiger partial charge < -0.3 is 10.1 Å². The van der Waals surface area contributed by atoms with Crippen molar-refractivity contribution in [2.45, 2.75) is 17.7 Å². The number of nitrogens with one attached hydrogen (secondary N) is 2. The van der Waals surface area contributed by atoms with Crippen molar-refractivity contribution in [2.75, 3.05) is 11.3 Å². The SMILES string of the molecule is O=C(NCCCc1ccccc1)c1ccc(Oc2ncc(Cl)cc2NS(=O)(=O)c2ccc(Cl)c(Cl)c2)cc1. The normalized spacial score (nSPS) is 11.1. The molecule has 0 saturated carbocycles. The van der Waals surface area contributed by atoms with Crippen LogP contribution in [0.25, 0.3) is 0 Å². The molecule has 0 aliphatic carbocycles. The van der Waals surface area contributed by atoms with E-state index in [2.05, 4.69) is 27.2 Å². The van der Waals surface area contributed by atoms with Crippen LogP contribution >= 0.6 is 34.8 Å². The van der Waals surface area contributed by atoms with Crippen molar-refractivity contribution in [1.29, 1.82) is 0 Å². The fraction of sp³-hybridized carbons (Fsp3) is 0.111. The number of hydrogen-bond acceptors (Lipinski definition) is 5. The van der Waals surface area contributed by atoms with E-state index in [-0.39, 0.29) is 37.4 Å². The van der Waals surface area contributed by atoms with Crippen molar-refractivity contribution in [2.24, 2.45) is 0 Å². The predicted octanol–water partition coefficient (Wildman–Crippen LogP) is 7.00. The summed E-state index contributed by atoms with van der Waals surface area (Å²) in [5.74, 6) is 0.107. The first kappa shape index (κ1) is 27.7. The van der Waals surface area contributed by atoms with Crippen LogP contribution in [0, 0.1) is 0 Å². The Balaban J connectivity index is 1.40. The fourth-order valence-electron chi connectivity index (χ4n) is 3.46. The first-order valence-electron chi connectivity index (χ1n) is 11.4. The highest BCUT2D eigenvalue weighted by Gasteiger charge is 2.19. The van der Waals surface area contributed by atoms with Gasteiger partial charge in [-0.2, -0.15) is 0 Å². The summed E-state index contributed by atoms with van der Waals surface area (Å²) in [6, 6.07) is 21.8. The topological polar surface area (TPSA) is 97.4 Å². The molecule has 3 aromatic carbocycles. The number of aryl methyl sites for hydroxylation is 1. The van der Waals surface area contributed by atoms with E-state index in [0.717, 1.165) is 12.8 Å². The Morgan fingerprint density at radius 3 is 2.34 bits per heavy atom. The van der Waals surface area contributed by atoms with Gasteiger partial charge in [0.05, 0.1) is 20.0 Å². The van der Waals surface area contributed by atoms with Crippen molar-refractivity contribution in [3.63, 3.8) is 0 Å². The van der Waals surface area contributed by atoms with Gasteiger partial charge in [0, 0.05) is 18.3 Å². The maximum absolute atomic E-state index is 12.9. The number of halogens is 3. The molecule has 0 aliphatic heterocycles. The molecule has 2 N–H and O–H groups in total. The predicted molar refractivity (Wildman–Crippen MR) is 150 cm³/mol. The number of carbonyl (C=O) groups excluding carboxylic acids is 1. The van der Waals surface area contributed by atoms with Crippen LogP contribution in [0.15, 0.2) is 90.0 Å². The fourth-order valence-corrected chi connectivity index (χ4v) is 5.05. The largest absolute Gasteiger partial charge is 0.437 e. The van der Waals surface area contributed by atoms with Crippen LogP contribution in [0.5, 0.6) is 11.6 Å². The molecule has 0 spiro atoms. The summed E-state index contributed by atoms with van der Waals surface area (Å²) >= 11 is 17.9. The van der Waals surface area contributed by atoms with Crippen molar-refractivity contribution in [3.8, 4) is 11.6 Å². The number of pyridine rings is 1. The van der Waals surface area contributed by atoms with Crippen LogP contribution in [0.3, 0.4) is 0 Å². The number of aromatic nitrogens is 1. The molecule has 1 heterocycles. The monoisotopic (exact) mass is 589 g/mol. The number of hydrogen-bond donors (Lipinski definition) is 2. The Bertz CT molecular complexity index is 1530. The van der Waals surface area contributed by atoms with Crippen LogP contribution in [0.1, 0.15) is 22.3 Å². The third-order valence-corrected chi connectivity index (χ3v) is 7.67. The van der Waals surface area contributed by atoms with E-state index >= 15 is 0 Å². The number of carbonyl (C=O) groups is 1. The Morgan fingerprint density at radius 2 is 1.63 bits per heavy atom. The summed E-state index contributed by atoms with van der Waals surface area (Å²) in [6.45, 7) is 0.545. The molecule has 4 aromatic rings. The van der Waals surface area contributed by atoms with E-state index in [0.29, 0.717) is 17.9 Å². The lowest BCUT2D eigenvalue weighted by atomic mass is 10.1. The molecule has 11 heteroatoms. The molecule has 0 unspecified atom stereocenters. The number of benzene rings is 3. The van der Waals surface area contributed by atoms with Crippen molar-refractivity contribution in [3.05, 3.63) is 111 Å². The minimum Gasteiger partial charge on any atom is -0.437 e. The van der Waals surface area contributed by atoms with Gasteiger partial charge in [-0.05, 0) is 66.9 Å². The number of anilines is 1. The van der Waals surface area contributed by atoms with E-state index in [1.807, 2.05) is 18.2 Å². The van der Waals surface area contributed by atoms with Crippen molar-refractivity contribution >= 4 is 56.4 Å². The highest BCUT2D eigenvalue weighted by Crippen LogP contribution is 2.32. The minimum absolute atomic E-state index is 0.0174. The number of ether oxygens (including phenoxy) is 1. The third kappa shape index (κ3) is 7.39. The van der Waals surface area contributed by atoms with Crippen LogP contribution < -0.4 is 14.8 Å². The van der Waals surface area contributed by atoms with E-state index in [1.54, 1.807) is 24.3 Å². The van der Waals surface area contributed by atoms with Gasteiger partial charge in [0.1, 0.15) is 11.4 Å². The second-order valence-electron chi connectivity index (χ2n) is 8.16. The van der Waals surface area contributed by atoms with E-state index in [1.165, 1.54) is 36.0 Å². The summed E-state index contributed by atoms with van der Waals surface area (Å²) in [4.78, 5) is 16.5. The van der Waals surface area contributed by atoms with Gasteiger partial charge >= 0.3 is 0 Å². The third-order valence-electron chi connectivity index (χ3n) is 5.37. The van der Waals surface area contributed by atoms with Gasteiger partial charge in [0.25, 0.3) is 15.9 Å². The van der Waals surface area contributed by atoms with Crippen LogP contribution in [0.2, 0.25) is 15.1 Å². The average Bonchev–Trinajstić information content (AvgIpc) is 2.90. The van der Waals surface area contributed by atoms with Crippen LogP contribution in [-0.4, -0.2) is 25.9 Å². The molecule has 0 radical (unpaired) electrons. The molecule has 0 aliphatic rings. The summed E-state index contributed by atoms with van der Waals surface area (Å²) in [5, 5.41) is 3.42. The Hall–Kier alpha value is -3.30. The highest BCUT2D eigenvalue weighted by molar-refractivity contribution is 7.92. The molecule has 0 bridgehead atoms. The summed E-state index contributed by atoms with van der Waals surface area (Å²) < 4.78 is 34.0. The first-order chi connectivity index (χ1) is 18.2. The average molecular weight is 591 g/mol. The lowest BCUT2D eigenvalue weighted by Gasteiger charge is -2.13. The zero-order chi connectivity index (χ0) is 27.1. The number of amides is 1. The quantitative estimate of drug-likeness (QED) is 0.194. The Labute approximate surface area is 235 Å². The number of sulfonamides is 1. The Morgan fingerprint density at radius 1 is 0.895 bits per heavy atom. The zero-order valence-electron chi connectivity index (χ0n) is 19.8. The summed E-state index contributed by atoms with van der Waals surface area (Å²) in [6.07, 6.45) is 3.02. The molecule has 0 atom stereocenters. The molecule has 38 heavy (non-hydrogen) atoms. The van der Waals surface area contributed by atoms with Gasteiger partial charge in [-0.3, -0.25) is 9.52 Å². The molecule has 4 rings (SSSR count). The first-order valence-corrected chi connectivity index (χ1v) is 14.1. The van der Waals surface area contributed by atoms with Gasteiger partial charge in [0.2, 0.25) is 5.88 Å². The molecule has 1 amide bonds.